The summed E-state index contributed by atoms with van der Waals surface area (Å²) >= 11 is 0. The molecule has 0 saturated heterocycles. The van der Waals surface area contributed by atoms with Gasteiger partial charge in [-0.1, -0.05) is 0 Å². The monoisotopic (exact) mass is 228 g/mol. The summed E-state index contributed by atoms with van der Waals surface area (Å²) in [6.45, 7) is 0. The molecule has 0 aromatic heterocycles. The van der Waals surface area contributed by atoms with Crippen molar-refractivity contribution in [1.82, 2.24) is 0 Å². The maximum absolute atomic E-state index is 8.88. The van der Waals surface area contributed by atoms with E-state index in [1.807, 2.05) is 0 Å². The summed E-state index contributed by atoms with van der Waals surface area (Å²) in [7, 11) is -4.64. The van der Waals surface area contributed by atoms with Gasteiger partial charge in [0.1, 0.15) is 0 Å². The van der Waals surface area contributed by atoms with E-state index in [0.29, 0.717) is 0 Å². The van der Waals surface area contributed by atoms with Gasteiger partial charge in [-0.05, 0) is 0 Å². The zero-order valence-electron chi connectivity index (χ0n) is 2.20. The zero-order chi connectivity index (χ0) is 4.50. The number of rotatable bonds is 0. The fourth-order valence-electron chi connectivity index (χ4n) is 0. The molecule has 0 fully saturated rings. The molecule has 0 spiro atoms. The number of hydrogen-bond acceptors (Lipinski definition) is 1. The van der Waals surface area contributed by atoms with Crippen LogP contribution in [0.25, 0.3) is 0 Å². The van der Waals surface area contributed by atoms with Gasteiger partial charge < -0.3 is 14.7 Å². The Morgan fingerprint density at radius 1 is 1.14 bits per heavy atom. The molecule has 0 unspecified atom stereocenters. The van der Waals surface area contributed by atoms with Gasteiger partial charge in [0.25, 0.3) is 0 Å². The Labute approximate surface area is 121 Å². The molecule has 0 aliphatic rings. The molecule has 0 aromatic rings. The summed E-state index contributed by atoms with van der Waals surface area (Å²) in [6.07, 6.45) is 0. The molecule has 0 radical (unpaired) electrons. The van der Waals surface area contributed by atoms with Gasteiger partial charge in [0.05, 0.1) is 0 Å². The van der Waals surface area contributed by atoms with Crippen LogP contribution in [0.1, 0.15) is 0 Å². The molecule has 4 nitrogen and oxygen atoms in total. The van der Waals surface area contributed by atoms with E-state index in [-0.39, 0.29) is 96.9 Å². The average Bonchev–Trinajstić information content (AvgIpc) is 0.722. The van der Waals surface area contributed by atoms with Crippen LogP contribution in [0.4, 0.5) is 0 Å². The van der Waals surface area contributed by atoms with Crippen LogP contribution in [0.15, 0.2) is 0 Å². The third-order valence-corrected chi connectivity index (χ3v) is 0. The van der Waals surface area contributed by atoms with E-state index >= 15 is 0 Å². The first-order chi connectivity index (χ1) is 2.00. The minimum absolute atomic E-state index is 0. The fourth-order valence-corrected chi connectivity index (χ4v) is 0. The maximum atomic E-state index is 8.88. The summed E-state index contributed by atoms with van der Waals surface area (Å²) in [5.41, 5.74) is 0. The summed E-state index contributed by atoms with van der Waals surface area (Å²) in [4.78, 5) is 21.6. The summed E-state index contributed by atoms with van der Waals surface area (Å²) in [6, 6.07) is 0. The molecule has 0 aromatic carbocycles. The van der Waals surface area contributed by atoms with Gasteiger partial charge in [-0.15, -0.1) is 0 Å². The number of phosphoric acid groups is 1. The van der Waals surface area contributed by atoms with E-state index in [0.717, 1.165) is 0 Å². The van der Waals surface area contributed by atoms with Crippen LogP contribution in [0.5, 0.6) is 0 Å². The molecule has 0 rings (SSSR count). The van der Waals surface area contributed by atoms with Gasteiger partial charge in [-0.25, -0.2) is 4.57 Å². The first-order valence-electron chi connectivity index (χ1n) is 0.783. The zero-order valence-corrected chi connectivity index (χ0v) is 3.09. The van der Waals surface area contributed by atoms with Crippen molar-refractivity contribution in [1.29, 1.82) is 0 Å². The van der Waals surface area contributed by atoms with Crippen LogP contribution in [-0.4, -0.2) is 112 Å². The van der Waals surface area contributed by atoms with Crippen molar-refractivity contribution < 1.29 is 19.2 Å². The van der Waals surface area contributed by atoms with Gasteiger partial charge in [0.15, 0.2) is 0 Å². The van der Waals surface area contributed by atoms with Crippen molar-refractivity contribution in [3.63, 3.8) is 0 Å². The molecule has 3 N–H and O–H groups in total. The van der Waals surface area contributed by atoms with Crippen molar-refractivity contribution in [2.45, 2.75) is 0 Å². The number of hydrogen-bond donors (Lipinski definition) is 3. The van der Waals surface area contributed by atoms with Crippen molar-refractivity contribution in [3.05, 3.63) is 0 Å². The third kappa shape index (κ3) is 46.3. The Kier molecular flexibility index (Phi) is 17.5. The van der Waals surface area contributed by atoms with Crippen molar-refractivity contribution in [2.24, 2.45) is 0 Å². The summed E-state index contributed by atoms with van der Waals surface area (Å²) < 4.78 is 8.88. The topological polar surface area (TPSA) is 77.8 Å². The van der Waals surface area contributed by atoms with Gasteiger partial charge in [0, 0.05) is 0 Å². The molecule has 0 saturated carbocycles. The van der Waals surface area contributed by atoms with Crippen LogP contribution in [0.3, 0.4) is 0 Å². The second-order valence-electron chi connectivity index (χ2n) is 0.513. The molecule has 0 aliphatic heterocycles. The molecule has 7 heavy (non-hydrogen) atoms. The van der Waals surface area contributed by atoms with Crippen LogP contribution >= 0.6 is 7.82 Å². The Hall–Kier alpha value is 3.23. The molecule has 0 amide bonds. The van der Waals surface area contributed by atoms with Crippen LogP contribution in [0.2, 0.25) is 0 Å². The molecule has 7 heteroatoms. The van der Waals surface area contributed by atoms with E-state index < -0.39 is 7.82 Å². The SMILES string of the molecule is O=P(O)(O)O.[KH].[SrH2]. The Bertz CT molecular complexity index is 57.8. The summed E-state index contributed by atoms with van der Waals surface area (Å²) in [5.74, 6) is 0. The molecule has 0 heterocycles. The van der Waals surface area contributed by atoms with E-state index in [9.17, 15) is 0 Å². The molecule has 38 valence electrons. The van der Waals surface area contributed by atoms with Crippen molar-refractivity contribution in [2.75, 3.05) is 0 Å². The molecule has 0 atom stereocenters. The first-order valence-corrected chi connectivity index (χ1v) is 2.35. The van der Waals surface area contributed by atoms with E-state index in [1.165, 1.54) is 0 Å². The Balaban J connectivity index is -0.0000000800. The Morgan fingerprint density at radius 3 is 1.14 bits per heavy atom. The first kappa shape index (κ1) is 16.7. The molecule has 0 aliphatic carbocycles. The molecular formula is H6KO4PSr. The second-order valence-corrected chi connectivity index (χ2v) is 1.54. The quantitative estimate of drug-likeness (QED) is 0.316. The van der Waals surface area contributed by atoms with Crippen molar-refractivity contribution >= 4 is 105 Å². The van der Waals surface area contributed by atoms with Crippen molar-refractivity contribution in [3.8, 4) is 0 Å². The average molecular weight is 228 g/mol. The van der Waals surface area contributed by atoms with Crippen LogP contribution < -0.4 is 0 Å². The predicted molar refractivity (Wildman–Crippen MR) is 30.0 cm³/mol. The third-order valence-electron chi connectivity index (χ3n) is 0. The molecule has 0 bridgehead atoms. The van der Waals surface area contributed by atoms with Gasteiger partial charge in [0.2, 0.25) is 0 Å². The predicted octanol–water partition coefficient (Wildman–Crippen LogP) is -2.49. The van der Waals surface area contributed by atoms with Crippen LogP contribution in [0, 0.1) is 0 Å². The van der Waals surface area contributed by atoms with E-state index in [2.05, 4.69) is 0 Å². The second kappa shape index (κ2) is 7.34. The summed E-state index contributed by atoms with van der Waals surface area (Å²) in [5, 5.41) is 0. The standard InChI is InChI=1S/K.H3O4P.Sr.3H/c;1-5(2,3)4;;;;/h;(H3,1,2,3,4);;;;. The van der Waals surface area contributed by atoms with E-state index in [1.54, 1.807) is 0 Å². The minimum atomic E-state index is -4.64. The molecular weight excluding hydrogens is 222 g/mol. The van der Waals surface area contributed by atoms with Gasteiger partial charge >= 0.3 is 105 Å². The van der Waals surface area contributed by atoms with Gasteiger partial charge in [-0.3, -0.25) is 0 Å². The van der Waals surface area contributed by atoms with Gasteiger partial charge in [-0.2, -0.15) is 0 Å². The van der Waals surface area contributed by atoms with E-state index in [4.69, 9.17) is 19.2 Å². The van der Waals surface area contributed by atoms with Crippen LogP contribution in [-0.2, 0) is 4.57 Å². The normalized spacial score (nSPS) is 8.43. The fraction of sp³-hybridized carbons (Fsp3) is 0. The Morgan fingerprint density at radius 2 is 1.14 bits per heavy atom.